The summed E-state index contributed by atoms with van der Waals surface area (Å²) in [5, 5.41) is 3.15. The van der Waals surface area contributed by atoms with E-state index in [0.29, 0.717) is 11.9 Å². The van der Waals surface area contributed by atoms with E-state index in [9.17, 15) is 18.0 Å². The standard InChI is InChI=1S/C17H16BF3NO2/c1-18(14-9-7-13(8-10-14)17(19,20)21)22-15(16(23)24-18)11-12-5-3-2-4-6-12/h2-10,15,22H,11H2,1H3/q-1/t15-,18+/m0/s1. The summed E-state index contributed by atoms with van der Waals surface area (Å²) >= 11 is 0. The Morgan fingerprint density at radius 2 is 1.71 bits per heavy atom. The molecule has 126 valence electrons. The molecule has 0 radical (unpaired) electrons. The molecule has 2 atom stereocenters. The maximum Gasteiger partial charge on any atom is 0.416 e. The number of alkyl halides is 3. The smallest absolute Gasteiger partial charge is 0.416 e. The average Bonchev–Trinajstić information content (AvgIpc) is 2.83. The summed E-state index contributed by atoms with van der Waals surface area (Å²) in [6.45, 7) is -0.182. The van der Waals surface area contributed by atoms with Crippen LogP contribution in [0.1, 0.15) is 11.1 Å². The monoisotopic (exact) mass is 334 g/mol. The first kappa shape index (κ1) is 16.6. The number of nitrogens with one attached hydrogen (secondary N) is 1. The van der Waals surface area contributed by atoms with Gasteiger partial charge in [-0.2, -0.15) is 18.6 Å². The normalized spacial score (nSPS) is 24.0. The van der Waals surface area contributed by atoms with Gasteiger partial charge in [0.1, 0.15) is 0 Å². The zero-order chi connectivity index (χ0) is 17.4. The van der Waals surface area contributed by atoms with E-state index in [2.05, 4.69) is 5.23 Å². The summed E-state index contributed by atoms with van der Waals surface area (Å²) in [5.74, 6) is -0.388. The van der Waals surface area contributed by atoms with Gasteiger partial charge in [0.05, 0.1) is 11.6 Å². The van der Waals surface area contributed by atoms with Crippen molar-refractivity contribution in [2.45, 2.75) is 25.5 Å². The molecule has 0 unspecified atom stereocenters. The Bertz CT molecular complexity index is 734. The van der Waals surface area contributed by atoms with Crippen LogP contribution < -0.4 is 10.7 Å². The minimum absolute atomic E-state index is 0.388. The lowest BCUT2D eigenvalue weighted by molar-refractivity contribution is -0.137. The Morgan fingerprint density at radius 3 is 2.29 bits per heavy atom. The SMILES string of the molecule is C[B@@-]1(c2ccc(C(F)(F)F)cc2)N[C@@H](Cc2ccccc2)C(=O)O1. The quantitative estimate of drug-likeness (QED) is 0.878. The molecule has 3 nitrogen and oxygen atoms in total. The highest BCUT2D eigenvalue weighted by atomic mass is 19.4. The first-order valence-corrected chi connectivity index (χ1v) is 7.69. The predicted molar refractivity (Wildman–Crippen MR) is 85.9 cm³/mol. The topological polar surface area (TPSA) is 38.3 Å². The van der Waals surface area contributed by atoms with Crippen LogP contribution in [0.5, 0.6) is 0 Å². The summed E-state index contributed by atoms with van der Waals surface area (Å²) in [5.41, 5.74) is 0.794. The Kier molecular flexibility index (Phi) is 4.13. The van der Waals surface area contributed by atoms with Gasteiger partial charge in [0, 0.05) is 0 Å². The fraction of sp³-hybridized carbons (Fsp3) is 0.235. The summed E-state index contributed by atoms with van der Waals surface area (Å²) in [6, 6.07) is 13.7. The van der Waals surface area contributed by atoms with Gasteiger partial charge >= 0.3 is 6.18 Å². The average molecular weight is 334 g/mol. The van der Waals surface area contributed by atoms with Crippen molar-refractivity contribution >= 4 is 17.9 Å². The van der Waals surface area contributed by atoms with E-state index in [0.717, 1.165) is 17.7 Å². The Balaban J connectivity index is 1.78. The number of benzene rings is 2. The van der Waals surface area contributed by atoms with Crippen LogP contribution in [0, 0.1) is 0 Å². The van der Waals surface area contributed by atoms with Crippen LogP contribution in [0.3, 0.4) is 0 Å². The lowest BCUT2D eigenvalue weighted by Crippen LogP contribution is -2.57. The van der Waals surface area contributed by atoms with Gasteiger partial charge in [-0.25, -0.2) is 0 Å². The molecular weight excluding hydrogens is 318 g/mol. The minimum Gasteiger partial charge on any atom is -0.670 e. The number of rotatable bonds is 3. The molecule has 0 aliphatic carbocycles. The molecule has 7 heteroatoms. The molecule has 0 aromatic heterocycles. The van der Waals surface area contributed by atoms with Crippen molar-refractivity contribution in [3.05, 3.63) is 65.7 Å². The van der Waals surface area contributed by atoms with E-state index in [4.69, 9.17) is 4.65 Å². The molecule has 0 bridgehead atoms. The summed E-state index contributed by atoms with van der Waals surface area (Å²) in [6.07, 6.45) is -3.92. The van der Waals surface area contributed by atoms with E-state index in [1.807, 2.05) is 30.3 Å². The lowest BCUT2D eigenvalue weighted by atomic mass is 9.49. The van der Waals surface area contributed by atoms with Crippen molar-refractivity contribution in [1.29, 1.82) is 0 Å². The number of hydrogen-bond donors (Lipinski definition) is 1. The van der Waals surface area contributed by atoms with E-state index in [-0.39, 0.29) is 5.97 Å². The summed E-state index contributed by atoms with van der Waals surface area (Å²) in [4.78, 5) is 12.1. The third-order valence-electron chi connectivity index (χ3n) is 4.31. The third-order valence-corrected chi connectivity index (χ3v) is 4.31. The van der Waals surface area contributed by atoms with Crippen LogP contribution in [0.15, 0.2) is 54.6 Å². The molecule has 1 heterocycles. The Morgan fingerprint density at radius 1 is 1.08 bits per heavy atom. The van der Waals surface area contributed by atoms with E-state index in [1.165, 1.54) is 12.1 Å². The lowest BCUT2D eigenvalue weighted by Gasteiger charge is -2.31. The van der Waals surface area contributed by atoms with Crippen LogP contribution in [0.4, 0.5) is 13.2 Å². The van der Waals surface area contributed by atoms with Crippen molar-refractivity contribution in [3.63, 3.8) is 0 Å². The largest absolute Gasteiger partial charge is 0.670 e. The Labute approximate surface area is 137 Å². The van der Waals surface area contributed by atoms with Crippen LogP contribution >= 0.6 is 0 Å². The highest BCUT2D eigenvalue weighted by molar-refractivity contribution is 6.85. The number of hydrogen-bond acceptors (Lipinski definition) is 3. The second kappa shape index (κ2) is 5.98. The van der Waals surface area contributed by atoms with Gasteiger partial charge in [-0.15, -0.1) is 6.82 Å². The van der Waals surface area contributed by atoms with E-state index < -0.39 is 24.3 Å². The fourth-order valence-electron chi connectivity index (χ4n) is 3.00. The molecule has 3 rings (SSSR count). The van der Waals surface area contributed by atoms with E-state index >= 15 is 0 Å². The summed E-state index contributed by atoms with van der Waals surface area (Å²) < 4.78 is 43.5. The second-order valence-electron chi connectivity index (χ2n) is 6.16. The molecule has 2 aromatic rings. The Hall–Kier alpha value is -2.28. The van der Waals surface area contributed by atoms with Crippen LogP contribution in [-0.2, 0) is 22.0 Å². The zero-order valence-electron chi connectivity index (χ0n) is 13.0. The van der Waals surface area contributed by atoms with Gasteiger partial charge < -0.3 is 9.88 Å². The van der Waals surface area contributed by atoms with Crippen molar-refractivity contribution < 1.29 is 22.6 Å². The minimum atomic E-state index is -4.39. The molecule has 1 saturated heterocycles. The number of carbonyl (C=O) groups is 1. The molecule has 1 N–H and O–H groups in total. The van der Waals surface area contributed by atoms with Gasteiger partial charge in [0.15, 0.2) is 0 Å². The van der Waals surface area contributed by atoms with Gasteiger partial charge in [-0.1, -0.05) is 54.6 Å². The van der Waals surface area contributed by atoms with Gasteiger partial charge in [0.25, 0.3) is 12.5 Å². The van der Waals surface area contributed by atoms with Crippen LogP contribution in [0.2, 0.25) is 6.82 Å². The third kappa shape index (κ3) is 3.31. The van der Waals surface area contributed by atoms with Crippen molar-refractivity contribution in [1.82, 2.24) is 5.23 Å². The van der Waals surface area contributed by atoms with E-state index in [1.54, 1.807) is 6.82 Å². The first-order valence-electron chi connectivity index (χ1n) is 7.69. The number of carbonyl (C=O) groups excluding carboxylic acids is 1. The fourth-order valence-corrected chi connectivity index (χ4v) is 3.00. The molecule has 1 fully saturated rings. The maximum absolute atomic E-state index is 12.7. The molecule has 1 aliphatic heterocycles. The highest BCUT2D eigenvalue weighted by Crippen LogP contribution is 2.28. The first-order chi connectivity index (χ1) is 11.3. The highest BCUT2D eigenvalue weighted by Gasteiger charge is 2.39. The molecule has 2 aromatic carbocycles. The molecule has 0 spiro atoms. The van der Waals surface area contributed by atoms with Crippen molar-refractivity contribution in [3.8, 4) is 0 Å². The predicted octanol–water partition coefficient (Wildman–Crippen LogP) is 2.74. The zero-order valence-corrected chi connectivity index (χ0v) is 13.0. The number of halogens is 3. The van der Waals surface area contributed by atoms with Crippen LogP contribution in [0.25, 0.3) is 0 Å². The van der Waals surface area contributed by atoms with Gasteiger partial charge in [-0.05, 0) is 12.0 Å². The molecular formula is C17H16BF3NO2-. The van der Waals surface area contributed by atoms with Crippen molar-refractivity contribution in [2.24, 2.45) is 0 Å². The molecule has 0 saturated carbocycles. The van der Waals surface area contributed by atoms with Gasteiger partial charge in [0.2, 0.25) is 0 Å². The molecule has 1 aliphatic rings. The molecule has 24 heavy (non-hydrogen) atoms. The van der Waals surface area contributed by atoms with Crippen molar-refractivity contribution in [2.75, 3.05) is 0 Å². The second-order valence-corrected chi connectivity index (χ2v) is 6.16. The maximum atomic E-state index is 12.7. The molecule has 0 amide bonds. The summed E-state index contributed by atoms with van der Waals surface area (Å²) in [7, 11) is 0. The van der Waals surface area contributed by atoms with Gasteiger partial charge in [-0.3, -0.25) is 4.79 Å². The van der Waals surface area contributed by atoms with Crippen LogP contribution in [-0.4, -0.2) is 18.5 Å².